The van der Waals surface area contributed by atoms with Crippen molar-refractivity contribution in [3.63, 3.8) is 0 Å². The molecule has 35 heavy (non-hydrogen) atoms. The molecular weight excluding hydrogens is 464 g/mol. The van der Waals surface area contributed by atoms with Crippen molar-refractivity contribution < 1.29 is 19.1 Å². The summed E-state index contributed by atoms with van der Waals surface area (Å²) in [5.74, 6) is -1.07. The maximum absolute atomic E-state index is 13.1. The standard InChI is InChI=1S/C26H26N4O4S/c1-16(2)30-24(32)19-9-8-18(14-20(19)25(30)33)23(31)28-26-27-22(17-6-4-3-5-7-17)21(35-26)15-29-10-12-34-13-11-29/h3-9,14,16H,10-13,15H2,1-2H3,(H,27,28,31). The van der Waals surface area contributed by atoms with Crippen LogP contribution in [-0.2, 0) is 11.3 Å². The zero-order chi connectivity index (χ0) is 24.5. The van der Waals surface area contributed by atoms with Crippen LogP contribution < -0.4 is 5.32 Å². The van der Waals surface area contributed by atoms with Crippen LogP contribution in [0, 0.1) is 0 Å². The Bertz CT molecular complexity index is 1280. The molecule has 3 aromatic rings. The van der Waals surface area contributed by atoms with E-state index in [0.29, 0.717) is 29.5 Å². The van der Waals surface area contributed by atoms with Crippen LogP contribution in [0.5, 0.6) is 0 Å². The lowest BCUT2D eigenvalue weighted by atomic mass is 10.1. The predicted molar refractivity (Wildman–Crippen MR) is 134 cm³/mol. The van der Waals surface area contributed by atoms with E-state index in [2.05, 4.69) is 10.2 Å². The fraction of sp³-hybridized carbons (Fsp3) is 0.308. The fourth-order valence-electron chi connectivity index (χ4n) is 4.34. The number of nitrogens with one attached hydrogen (secondary N) is 1. The van der Waals surface area contributed by atoms with Crippen molar-refractivity contribution in [1.29, 1.82) is 0 Å². The molecule has 1 aromatic heterocycles. The first-order valence-electron chi connectivity index (χ1n) is 11.6. The first kappa shape index (κ1) is 23.3. The third-order valence-corrected chi connectivity index (χ3v) is 7.09. The smallest absolute Gasteiger partial charge is 0.261 e. The van der Waals surface area contributed by atoms with Gasteiger partial charge in [-0.05, 0) is 32.0 Å². The number of hydrogen-bond donors (Lipinski definition) is 1. The molecular formula is C26H26N4O4S. The zero-order valence-corrected chi connectivity index (χ0v) is 20.4. The highest BCUT2D eigenvalue weighted by molar-refractivity contribution is 7.16. The molecule has 0 atom stereocenters. The number of fused-ring (bicyclic) bond motifs is 1. The van der Waals surface area contributed by atoms with Crippen LogP contribution in [0.25, 0.3) is 11.3 Å². The first-order valence-corrected chi connectivity index (χ1v) is 12.4. The molecule has 2 aliphatic rings. The zero-order valence-electron chi connectivity index (χ0n) is 19.6. The lowest BCUT2D eigenvalue weighted by molar-refractivity contribution is 0.0347. The molecule has 3 amide bonds. The van der Waals surface area contributed by atoms with Crippen LogP contribution in [0.1, 0.15) is 49.8 Å². The minimum absolute atomic E-state index is 0.253. The number of imide groups is 1. The van der Waals surface area contributed by atoms with E-state index in [4.69, 9.17) is 9.72 Å². The van der Waals surface area contributed by atoms with Gasteiger partial charge in [0.1, 0.15) is 0 Å². The van der Waals surface area contributed by atoms with E-state index in [0.717, 1.165) is 35.8 Å². The summed E-state index contributed by atoms with van der Waals surface area (Å²) in [6, 6.07) is 14.3. The highest BCUT2D eigenvalue weighted by Gasteiger charge is 2.37. The Kier molecular flexibility index (Phi) is 6.46. The summed E-state index contributed by atoms with van der Waals surface area (Å²) < 4.78 is 5.47. The average Bonchev–Trinajstić information content (AvgIpc) is 3.37. The topological polar surface area (TPSA) is 91.8 Å². The van der Waals surface area contributed by atoms with Crippen LogP contribution in [0.2, 0.25) is 0 Å². The fourth-order valence-corrected chi connectivity index (χ4v) is 5.36. The molecule has 0 unspecified atom stereocenters. The van der Waals surface area contributed by atoms with Gasteiger partial charge in [0.05, 0.1) is 30.0 Å². The maximum Gasteiger partial charge on any atom is 0.261 e. The van der Waals surface area contributed by atoms with Gasteiger partial charge in [0.2, 0.25) is 0 Å². The van der Waals surface area contributed by atoms with Crippen LogP contribution in [-0.4, -0.2) is 64.9 Å². The lowest BCUT2D eigenvalue weighted by Gasteiger charge is -2.26. The summed E-state index contributed by atoms with van der Waals surface area (Å²) in [5.41, 5.74) is 2.73. The number of hydrogen-bond acceptors (Lipinski definition) is 7. The number of amides is 3. The number of benzene rings is 2. The molecule has 8 nitrogen and oxygen atoms in total. The third-order valence-electron chi connectivity index (χ3n) is 6.13. The van der Waals surface area contributed by atoms with Crippen molar-refractivity contribution in [2.24, 2.45) is 0 Å². The van der Waals surface area contributed by atoms with Gasteiger partial charge in [0.15, 0.2) is 5.13 Å². The van der Waals surface area contributed by atoms with Crippen LogP contribution in [0.4, 0.5) is 5.13 Å². The number of carbonyl (C=O) groups is 3. The molecule has 1 fully saturated rings. The Morgan fingerprint density at radius 1 is 1.06 bits per heavy atom. The summed E-state index contributed by atoms with van der Waals surface area (Å²) in [5, 5.41) is 3.38. The SMILES string of the molecule is CC(C)N1C(=O)c2ccc(C(=O)Nc3nc(-c4ccccc4)c(CN4CCOCC4)s3)cc2C1=O. The Morgan fingerprint density at radius 2 is 1.77 bits per heavy atom. The highest BCUT2D eigenvalue weighted by Crippen LogP contribution is 2.33. The molecule has 0 radical (unpaired) electrons. The van der Waals surface area contributed by atoms with Gasteiger partial charge in [0, 0.05) is 41.7 Å². The largest absolute Gasteiger partial charge is 0.379 e. The second kappa shape index (κ2) is 9.69. The molecule has 2 aromatic carbocycles. The van der Waals surface area contributed by atoms with Gasteiger partial charge >= 0.3 is 0 Å². The van der Waals surface area contributed by atoms with E-state index in [9.17, 15) is 14.4 Å². The Labute approximate surface area is 207 Å². The van der Waals surface area contributed by atoms with Crippen molar-refractivity contribution in [2.75, 3.05) is 31.6 Å². The van der Waals surface area contributed by atoms with Crippen molar-refractivity contribution in [3.8, 4) is 11.3 Å². The summed E-state index contributed by atoms with van der Waals surface area (Å²) in [6.07, 6.45) is 0. The van der Waals surface area contributed by atoms with E-state index < -0.39 is 0 Å². The van der Waals surface area contributed by atoms with Crippen molar-refractivity contribution >= 4 is 34.2 Å². The summed E-state index contributed by atoms with van der Waals surface area (Å²) >= 11 is 1.45. The average molecular weight is 491 g/mol. The van der Waals surface area contributed by atoms with Crippen molar-refractivity contribution in [1.82, 2.24) is 14.8 Å². The molecule has 0 spiro atoms. The Hall–Kier alpha value is -3.40. The second-order valence-electron chi connectivity index (χ2n) is 8.83. The Balaban J connectivity index is 1.40. The van der Waals surface area contributed by atoms with E-state index in [1.807, 2.05) is 30.3 Å². The van der Waals surface area contributed by atoms with Gasteiger partial charge in [-0.3, -0.25) is 29.5 Å². The monoisotopic (exact) mass is 490 g/mol. The van der Waals surface area contributed by atoms with Crippen LogP contribution in [0.15, 0.2) is 48.5 Å². The van der Waals surface area contributed by atoms with Gasteiger partial charge in [-0.15, -0.1) is 0 Å². The molecule has 5 rings (SSSR count). The molecule has 1 N–H and O–H groups in total. The molecule has 9 heteroatoms. The third kappa shape index (κ3) is 4.62. The van der Waals surface area contributed by atoms with Crippen LogP contribution in [0.3, 0.4) is 0 Å². The van der Waals surface area contributed by atoms with Gasteiger partial charge < -0.3 is 4.74 Å². The van der Waals surface area contributed by atoms with E-state index in [1.54, 1.807) is 26.0 Å². The summed E-state index contributed by atoms with van der Waals surface area (Å²) in [4.78, 5) is 47.7. The molecule has 0 aliphatic carbocycles. The number of ether oxygens (including phenoxy) is 1. The number of aromatic nitrogens is 1. The quantitative estimate of drug-likeness (QED) is 0.527. The van der Waals surface area contributed by atoms with Crippen molar-refractivity contribution in [3.05, 3.63) is 70.1 Å². The number of anilines is 1. The van der Waals surface area contributed by atoms with Crippen molar-refractivity contribution in [2.45, 2.75) is 26.4 Å². The normalized spacial score (nSPS) is 16.1. The summed E-state index contributed by atoms with van der Waals surface area (Å²) in [6.45, 7) is 7.41. The highest BCUT2D eigenvalue weighted by atomic mass is 32.1. The minimum Gasteiger partial charge on any atom is -0.379 e. The number of nitrogens with zero attached hydrogens (tertiary/aromatic N) is 3. The molecule has 0 bridgehead atoms. The molecule has 3 heterocycles. The second-order valence-corrected chi connectivity index (χ2v) is 9.92. The molecule has 1 saturated heterocycles. The molecule has 2 aliphatic heterocycles. The van der Waals surface area contributed by atoms with Gasteiger partial charge in [-0.25, -0.2) is 4.98 Å². The Morgan fingerprint density at radius 3 is 2.49 bits per heavy atom. The predicted octanol–water partition coefficient (Wildman–Crippen LogP) is 3.90. The number of thiazole rings is 1. The number of rotatable bonds is 6. The van der Waals surface area contributed by atoms with E-state index in [-0.39, 0.29) is 29.3 Å². The maximum atomic E-state index is 13.1. The minimum atomic E-state index is -0.373. The molecule has 0 saturated carbocycles. The number of morpholine rings is 1. The lowest BCUT2D eigenvalue weighted by Crippen LogP contribution is -2.35. The van der Waals surface area contributed by atoms with Crippen LogP contribution >= 0.6 is 11.3 Å². The van der Waals surface area contributed by atoms with E-state index >= 15 is 0 Å². The molecule has 180 valence electrons. The van der Waals surface area contributed by atoms with Gasteiger partial charge in [-0.2, -0.15) is 0 Å². The van der Waals surface area contributed by atoms with Gasteiger partial charge in [0.25, 0.3) is 17.7 Å². The number of carbonyl (C=O) groups excluding carboxylic acids is 3. The summed E-state index contributed by atoms with van der Waals surface area (Å²) in [7, 11) is 0. The van der Waals surface area contributed by atoms with E-state index in [1.165, 1.54) is 22.3 Å². The van der Waals surface area contributed by atoms with Gasteiger partial charge in [-0.1, -0.05) is 41.7 Å². The first-order chi connectivity index (χ1) is 16.9.